The molecule has 0 aliphatic carbocycles. The SMILES string of the molecule is Nc1ncnc2c1ccn2[C@@]1(CO)OC[C@@](O)(CF)[C@@H]1O. The lowest BCUT2D eigenvalue weighted by atomic mass is 9.94. The molecule has 1 saturated heterocycles. The van der Waals surface area contributed by atoms with Crippen molar-refractivity contribution in [2.45, 2.75) is 17.4 Å². The molecule has 114 valence electrons. The predicted molar refractivity (Wildman–Crippen MR) is 69.9 cm³/mol. The van der Waals surface area contributed by atoms with Gasteiger partial charge in [0, 0.05) is 6.20 Å². The Morgan fingerprint density at radius 2 is 2.29 bits per heavy atom. The fourth-order valence-electron chi connectivity index (χ4n) is 2.63. The second kappa shape index (κ2) is 4.60. The molecule has 3 rings (SSSR count). The Hall–Kier alpha value is -1.81. The Balaban J connectivity index is 2.18. The third kappa shape index (κ3) is 1.75. The van der Waals surface area contributed by atoms with Crippen LogP contribution in [0.2, 0.25) is 0 Å². The number of aliphatic hydroxyl groups is 3. The topological polar surface area (TPSA) is 127 Å². The van der Waals surface area contributed by atoms with Crippen molar-refractivity contribution in [3.8, 4) is 0 Å². The third-order valence-corrected chi connectivity index (χ3v) is 3.89. The van der Waals surface area contributed by atoms with Crippen LogP contribution in [-0.4, -0.2) is 61.4 Å². The molecule has 1 aliphatic heterocycles. The summed E-state index contributed by atoms with van der Waals surface area (Å²) in [7, 11) is 0. The fraction of sp³-hybridized carbons (Fsp3) is 0.500. The summed E-state index contributed by atoms with van der Waals surface area (Å²) in [5.41, 5.74) is 2.21. The quantitative estimate of drug-likeness (QED) is 0.557. The number of hydrogen-bond donors (Lipinski definition) is 4. The van der Waals surface area contributed by atoms with Crippen LogP contribution in [-0.2, 0) is 10.5 Å². The highest BCUT2D eigenvalue weighted by atomic mass is 19.1. The van der Waals surface area contributed by atoms with Crippen LogP contribution in [0.5, 0.6) is 0 Å². The maximum absolute atomic E-state index is 13.0. The van der Waals surface area contributed by atoms with Gasteiger partial charge in [-0.1, -0.05) is 0 Å². The van der Waals surface area contributed by atoms with Crippen molar-refractivity contribution >= 4 is 16.9 Å². The summed E-state index contributed by atoms with van der Waals surface area (Å²) in [6.07, 6.45) is 1.04. The number of ether oxygens (including phenoxy) is 1. The molecule has 0 unspecified atom stereocenters. The van der Waals surface area contributed by atoms with Crippen LogP contribution in [0.3, 0.4) is 0 Å². The standard InChI is InChI=1S/C12H15FN4O4/c13-3-11(20)5-21-12(4-18,10(11)19)17-2-1-7-8(14)15-6-16-9(7)17/h1-2,6,10,18-20H,3-5H2,(H2,14,15,16)/t10-,11-,12-/m0/s1. The molecule has 8 nitrogen and oxygen atoms in total. The third-order valence-electron chi connectivity index (χ3n) is 3.89. The minimum atomic E-state index is -2.09. The fourth-order valence-corrected chi connectivity index (χ4v) is 2.63. The smallest absolute Gasteiger partial charge is 0.198 e. The molecule has 0 spiro atoms. The Kier molecular flexibility index (Phi) is 3.10. The molecule has 0 radical (unpaired) electrons. The highest BCUT2D eigenvalue weighted by Crippen LogP contribution is 2.39. The van der Waals surface area contributed by atoms with Crippen LogP contribution in [0.1, 0.15) is 0 Å². The van der Waals surface area contributed by atoms with E-state index in [1.807, 2.05) is 0 Å². The van der Waals surface area contributed by atoms with Crippen molar-refractivity contribution in [2.24, 2.45) is 0 Å². The van der Waals surface area contributed by atoms with E-state index in [1.165, 1.54) is 17.1 Å². The minimum Gasteiger partial charge on any atom is -0.391 e. The summed E-state index contributed by atoms with van der Waals surface area (Å²) in [4.78, 5) is 7.88. The molecule has 0 bridgehead atoms. The number of nitrogen functional groups attached to an aromatic ring is 1. The Morgan fingerprint density at radius 3 is 2.90 bits per heavy atom. The summed E-state index contributed by atoms with van der Waals surface area (Å²) in [5, 5.41) is 30.5. The molecular weight excluding hydrogens is 283 g/mol. The molecule has 0 aromatic carbocycles. The van der Waals surface area contributed by atoms with E-state index in [1.54, 1.807) is 6.07 Å². The molecule has 3 atom stereocenters. The van der Waals surface area contributed by atoms with Gasteiger partial charge < -0.3 is 25.8 Å². The van der Waals surface area contributed by atoms with Crippen molar-refractivity contribution in [1.29, 1.82) is 0 Å². The Labute approximate surface area is 118 Å². The lowest BCUT2D eigenvalue weighted by Crippen LogP contribution is -2.54. The van der Waals surface area contributed by atoms with Gasteiger partial charge in [0.2, 0.25) is 0 Å². The van der Waals surface area contributed by atoms with Crippen LogP contribution in [0, 0.1) is 0 Å². The molecular formula is C12H15FN4O4. The maximum atomic E-state index is 13.0. The van der Waals surface area contributed by atoms with Gasteiger partial charge >= 0.3 is 0 Å². The van der Waals surface area contributed by atoms with E-state index in [0.29, 0.717) is 11.0 Å². The molecule has 2 aromatic rings. The highest BCUT2D eigenvalue weighted by Gasteiger charge is 2.59. The second-order valence-electron chi connectivity index (χ2n) is 5.11. The van der Waals surface area contributed by atoms with Crippen LogP contribution >= 0.6 is 0 Å². The van der Waals surface area contributed by atoms with E-state index in [0.717, 1.165) is 0 Å². The lowest BCUT2D eigenvalue weighted by Gasteiger charge is -2.34. The molecule has 21 heavy (non-hydrogen) atoms. The molecule has 1 fully saturated rings. The number of fused-ring (bicyclic) bond motifs is 1. The van der Waals surface area contributed by atoms with Gasteiger partial charge in [-0.15, -0.1) is 0 Å². The van der Waals surface area contributed by atoms with Gasteiger partial charge in [0.1, 0.15) is 36.2 Å². The molecule has 0 saturated carbocycles. The number of aromatic nitrogens is 3. The Morgan fingerprint density at radius 1 is 1.52 bits per heavy atom. The zero-order chi connectivity index (χ0) is 15.3. The summed E-state index contributed by atoms with van der Waals surface area (Å²) >= 11 is 0. The van der Waals surface area contributed by atoms with E-state index in [4.69, 9.17) is 10.5 Å². The number of anilines is 1. The van der Waals surface area contributed by atoms with E-state index in [2.05, 4.69) is 9.97 Å². The molecule has 5 N–H and O–H groups in total. The normalized spacial score (nSPS) is 32.9. The van der Waals surface area contributed by atoms with Crippen molar-refractivity contribution in [2.75, 3.05) is 25.6 Å². The Bertz CT molecular complexity index is 680. The summed E-state index contributed by atoms with van der Waals surface area (Å²) in [6.45, 7) is -2.33. The van der Waals surface area contributed by atoms with Gasteiger partial charge in [-0.2, -0.15) is 0 Å². The molecule has 0 amide bonds. The first-order valence-electron chi connectivity index (χ1n) is 6.28. The van der Waals surface area contributed by atoms with Gasteiger partial charge in [-0.3, -0.25) is 4.57 Å². The molecule has 2 aromatic heterocycles. The first-order valence-corrected chi connectivity index (χ1v) is 6.28. The largest absolute Gasteiger partial charge is 0.391 e. The highest BCUT2D eigenvalue weighted by molar-refractivity contribution is 5.86. The second-order valence-corrected chi connectivity index (χ2v) is 5.11. The first-order chi connectivity index (χ1) is 9.98. The summed E-state index contributed by atoms with van der Waals surface area (Å²) < 4.78 is 19.7. The number of halogens is 1. The van der Waals surface area contributed by atoms with E-state index in [-0.39, 0.29) is 5.82 Å². The number of hydrogen-bond acceptors (Lipinski definition) is 7. The van der Waals surface area contributed by atoms with Gasteiger partial charge in [-0.25, -0.2) is 14.4 Å². The van der Waals surface area contributed by atoms with Crippen molar-refractivity contribution in [3.05, 3.63) is 18.6 Å². The molecule has 9 heteroatoms. The zero-order valence-corrected chi connectivity index (χ0v) is 11.0. The summed E-state index contributed by atoms with van der Waals surface area (Å²) in [5.74, 6) is 0.222. The van der Waals surface area contributed by atoms with Crippen LogP contribution in [0.25, 0.3) is 11.0 Å². The van der Waals surface area contributed by atoms with Crippen molar-refractivity contribution in [3.63, 3.8) is 0 Å². The number of nitrogens with zero attached hydrogens (tertiary/aromatic N) is 3. The average molecular weight is 298 g/mol. The zero-order valence-electron chi connectivity index (χ0n) is 11.0. The monoisotopic (exact) mass is 298 g/mol. The van der Waals surface area contributed by atoms with Crippen LogP contribution in [0.4, 0.5) is 10.2 Å². The number of rotatable bonds is 3. The lowest BCUT2D eigenvalue weighted by molar-refractivity contribution is -0.157. The molecule has 1 aliphatic rings. The van der Waals surface area contributed by atoms with Gasteiger partial charge in [0.25, 0.3) is 0 Å². The summed E-state index contributed by atoms with van der Waals surface area (Å²) in [6, 6.07) is 1.59. The van der Waals surface area contributed by atoms with E-state index < -0.39 is 37.3 Å². The maximum Gasteiger partial charge on any atom is 0.198 e. The van der Waals surface area contributed by atoms with E-state index >= 15 is 0 Å². The first kappa shape index (κ1) is 14.1. The number of aliphatic hydroxyl groups excluding tert-OH is 2. The van der Waals surface area contributed by atoms with Crippen molar-refractivity contribution in [1.82, 2.24) is 14.5 Å². The number of nitrogens with two attached hydrogens (primary N) is 1. The van der Waals surface area contributed by atoms with Gasteiger partial charge in [0.05, 0.1) is 18.6 Å². The molecule has 3 heterocycles. The van der Waals surface area contributed by atoms with Crippen molar-refractivity contribution < 1.29 is 24.4 Å². The van der Waals surface area contributed by atoms with Gasteiger partial charge in [-0.05, 0) is 6.07 Å². The van der Waals surface area contributed by atoms with Crippen LogP contribution in [0.15, 0.2) is 18.6 Å². The number of alkyl halides is 1. The van der Waals surface area contributed by atoms with Gasteiger partial charge in [0.15, 0.2) is 5.72 Å². The van der Waals surface area contributed by atoms with E-state index in [9.17, 15) is 19.7 Å². The minimum absolute atomic E-state index is 0.222. The van der Waals surface area contributed by atoms with Crippen LogP contribution < -0.4 is 5.73 Å². The predicted octanol–water partition coefficient (Wildman–Crippen LogP) is -1.25. The average Bonchev–Trinajstić information content (AvgIpc) is 3.03.